The highest BCUT2D eigenvalue weighted by Gasteiger charge is 2.19. The lowest BCUT2D eigenvalue weighted by Crippen LogP contribution is -2.10. The maximum Gasteiger partial charge on any atom is 0.141 e. The normalized spacial score (nSPS) is 11.8. The molecule has 0 aliphatic rings. The van der Waals surface area contributed by atoms with Gasteiger partial charge >= 0.3 is 0 Å². The van der Waals surface area contributed by atoms with Crippen LogP contribution in [0.4, 0.5) is 0 Å². The van der Waals surface area contributed by atoms with E-state index >= 15 is 0 Å². The third-order valence-electron chi connectivity index (χ3n) is 4.28. The SMILES string of the molecule is CC(=O)C(c1ccc(C)cc1)c1ccc(OCc2ccccc2)cc1. The molecule has 3 aromatic rings. The molecule has 25 heavy (non-hydrogen) atoms. The lowest BCUT2D eigenvalue weighted by molar-refractivity contribution is -0.117. The summed E-state index contributed by atoms with van der Waals surface area (Å²) in [6, 6.07) is 26.0. The number of aryl methyl sites for hydroxylation is 1. The molecule has 3 aromatic carbocycles. The number of carbonyl (C=O) groups excluding carboxylic acids is 1. The van der Waals surface area contributed by atoms with Gasteiger partial charge in [0.1, 0.15) is 18.1 Å². The average Bonchev–Trinajstić information content (AvgIpc) is 2.63. The molecule has 0 aromatic heterocycles. The Balaban J connectivity index is 1.75. The number of benzene rings is 3. The van der Waals surface area contributed by atoms with Crippen molar-refractivity contribution in [3.63, 3.8) is 0 Å². The first-order valence-electron chi connectivity index (χ1n) is 8.47. The fraction of sp³-hybridized carbons (Fsp3) is 0.174. The zero-order chi connectivity index (χ0) is 17.6. The van der Waals surface area contributed by atoms with Crippen LogP contribution in [-0.2, 0) is 11.4 Å². The number of Topliss-reactive ketones (excluding diaryl/α,β-unsaturated/α-hetero) is 1. The summed E-state index contributed by atoms with van der Waals surface area (Å²) >= 11 is 0. The van der Waals surface area contributed by atoms with Crippen LogP contribution in [0.1, 0.15) is 35.1 Å². The zero-order valence-corrected chi connectivity index (χ0v) is 14.6. The fourth-order valence-corrected chi connectivity index (χ4v) is 2.92. The van der Waals surface area contributed by atoms with Crippen LogP contribution in [-0.4, -0.2) is 5.78 Å². The van der Waals surface area contributed by atoms with Gasteiger partial charge in [0.15, 0.2) is 0 Å². The van der Waals surface area contributed by atoms with Gasteiger partial charge in [-0.25, -0.2) is 0 Å². The summed E-state index contributed by atoms with van der Waals surface area (Å²) in [7, 11) is 0. The molecule has 0 aliphatic carbocycles. The Bertz CT molecular complexity index is 818. The second-order valence-electron chi connectivity index (χ2n) is 6.30. The van der Waals surface area contributed by atoms with Gasteiger partial charge in [-0.1, -0.05) is 72.3 Å². The second-order valence-corrected chi connectivity index (χ2v) is 6.30. The van der Waals surface area contributed by atoms with Crippen molar-refractivity contribution < 1.29 is 9.53 Å². The zero-order valence-electron chi connectivity index (χ0n) is 14.6. The van der Waals surface area contributed by atoms with Crippen molar-refractivity contribution >= 4 is 5.78 Å². The van der Waals surface area contributed by atoms with Gasteiger partial charge in [0.05, 0.1) is 5.92 Å². The van der Waals surface area contributed by atoms with E-state index in [9.17, 15) is 4.79 Å². The van der Waals surface area contributed by atoms with E-state index in [0.717, 1.165) is 22.4 Å². The molecule has 0 bridgehead atoms. The van der Waals surface area contributed by atoms with Crippen LogP contribution in [0.3, 0.4) is 0 Å². The number of rotatable bonds is 6. The van der Waals surface area contributed by atoms with Crippen molar-refractivity contribution in [2.24, 2.45) is 0 Å². The van der Waals surface area contributed by atoms with Crippen molar-refractivity contribution in [3.8, 4) is 5.75 Å². The first-order valence-corrected chi connectivity index (χ1v) is 8.47. The maximum atomic E-state index is 12.2. The fourth-order valence-electron chi connectivity index (χ4n) is 2.92. The number of ketones is 1. The lowest BCUT2D eigenvalue weighted by Gasteiger charge is -2.16. The Morgan fingerprint density at radius 3 is 1.96 bits per heavy atom. The summed E-state index contributed by atoms with van der Waals surface area (Å²) in [6.07, 6.45) is 0. The van der Waals surface area contributed by atoms with Crippen molar-refractivity contribution in [3.05, 3.63) is 101 Å². The summed E-state index contributed by atoms with van der Waals surface area (Å²) in [4.78, 5) is 12.2. The Kier molecular flexibility index (Phi) is 5.30. The van der Waals surface area contributed by atoms with Crippen molar-refractivity contribution in [1.29, 1.82) is 0 Å². The van der Waals surface area contributed by atoms with Gasteiger partial charge in [-0.05, 0) is 42.7 Å². The van der Waals surface area contributed by atoms with Crippen LogP contribution >= 0.6 is 0 Å². The van der Waals surface area contributed by atoms with Crippen LogP contribution in [0, 0.1) is 6.92 Å². The Morgan fingerprint density at radius 1 is 0.840 bits per heavy atom. The Hall–Kier alpha value is -2.87. The molecule has 2 heteroatoms. The van der Waals surface area contributed by atoms with E-state index in [2.05, 4.69) is 0 Å². The molecule has 3 rings (SSSR count). The molecule has 0 fully saturated rings. The van der Waals surface area contributed by atoms with Gasteiger partial charge in [-0.2, -0.15) is 0 Å². The van der Waals surface area contributed by atoms with E-state index in [1.807, 2.05) is 85.8 Å². The molecule has 0 N–H and O–H groups in total. The van der Waals surface area contributed by atoms with Crippen molar-refractivity contribution in [2.75, 3.05) is 0 Å². The first kappa shape index (κ1) is 17.0. The van der Waals surface area contributed by atoms with Gasteiger partial charge in [0.25, 0.3) is 0 Å². The Morgan fingerprint density at radius 2 is 1.40 bits per heavy atom. The summed E-state index contributed by atoms with van der Waals surface area (Å²) in [5.41, 5.74) is 4.34. The van der Waals surface area contributed by atoms with Crippen molar-refractivity contribution in [1.82, 2.24) is 0 Å². The van der Waals surface area contributed by atoms with E-state index < -0.39 is 0 Å². The van der Waals surface area contributed by atoms with E-state index in [0.29, 0.717) is 6.61 Å². The second kappa shape index (κ2) is 7.80. The number of hydrogen-bond donors (Lipinski definition) is 0. The third kappa shape index (κ3) is 4.36. The monoisotopic (exact) mass is 330 g/mol. The quantitative estimate of drug-likeness (QED) is 0.613. The van der Waals surface area contributed by atoms with Gasteiger partial charge in [0.2, 0.25) is 0 Å². The average molecular weight is 330 g/mol. The van der Waals surface area contributed by atoms with Crippen LogP contribution in [0.2, 0.25) is 0 Å². The topological polar surface area (TPSA) is 26.3 Å². The van der Waals surface area contributed by atoms with E-state index in [1.165, 1.54) is 5.56 Å². The minimum absolute atomic E-state index is 0.141. The largest absolute Gasteiger partial charge is 0.489 e. The standard InChI is InChI=1S/C23H22O2/c1-17-8-10-20(11-9-17)23(18(2)24)21-12-14-22(15-13-21)25-16-19-6-4-3-5-7-19/h3-15,23H,16H2,1-2H3. The van der Waals surface area contributed by atoms with Crippen LogP contribution in [0.25, 0.3) is 0 Å². The molecule has 0 radical (unpaired) electrons. The van der Waals surface area contributed by atoms with Crippen molar-refractivity contribution in [2.45, 2.75) is 26.4 Å². The molecule has 0 spiro atoms. The molecule has 0 amide bonds. The highest BCUT2D eigenvalue weighted by Crippen LogP contribution is 2.27. The number of carbonyl (C=O) groups is 1. The Labute approximate surface area is 149 Å². The van der Waals surface area contributed by atoms with Crippen LogP contribution in [0.5, 0.6) is 5.75 Å². The number of ether oxygens (including phenoxy) is 1. The highest BCUT2D eigenvalue weighted by molar-refractivity contribution is 5.87. The van der Waals surface area contributed by atoms with E-state index in [4.69, 9.17) is 4.74 Å². The van der Waals surface area contributed by atoms with Crippen LogP contribution in [0.15, 0.2) is 78.9 Å². The minimum atomic E-state index is -0.233. The molecule has 0 aliphatic heterocycles. The van der Waals surface area contributed by atoms with E-state index in [-0.39, 0.29) is 11.7 Å². The summed E-state index contributed by atoms with van der Waals surface area (Å²) in [6.45, 7) is 4.23. The predicted octanol–water partition coefficient (Wildman–Crippen LogP) is 5.29. The van der Waals surface area contributed by atoms with Gasteiger partial charge < -0.3 is 4.74 Å². The molecule has 0 heterocycles. The summed E-state index contributed by atoms with van der Waals surface area (Å²) in [5, 5.41) is 0. The lowest BCUT2D eigenvalue weighted by atomic mass is 9.88. The van der Waals surface area contributed by atoms with Crippen LogP contribution < -0.4 is 4.74 Å². The van der Waals surface area contributed by atoms with Gasteiger partial charge in [-0.15, -0.1) is 0 Å². The number of hydrogen-bond acceptors (Lipinski definition) is 2. The maximum absolute atomic E-state index is 12.2. The molecule has 2 nitrogen and oxygen atoms in total. The summed E-state index contributed by atoms with van der Waals surface area (Å²) < 4.78 is 5.82. The molecular formula is C23H22O2. The minimum Gasteiger partial charge on any atom is -0.489 e. The molecule has 0 saturated heterocycles. The van der Waals surface area contributed by atoms with Gasteiger partial charge in [0, 0.05) is 0 Å². The summed E-state index contributed by atoms with van der Waals surface area (Å²) in [5.74, 6) is 0.712. The highest BCUT2D eigenvalue weighted by atomic mass is 16.5. The smallest absolute Gasteiger partial charge is 0.141 e. The van der Waals surface area contributed by atoms with E-state index in [1.54, 1.807) is 6.92 Å². The molecule has 1 atom stereocenters. The third-order valence-corrected chi connectivity index (χ3v) is 4.28. The van der Waals surface area contributed by atoms with Gasteiger partial charge in [-0.3, -0.25) is 4.79 Å². The molecular weight excluding hydrogens is 308 g/mol. The first-order chi connectivity index (χ1) is 12.1. The molecule has 0 saturated carbocycles. The molecule has 126 valence electrons. The molecule has 1 unspecified atom stereocenters. The predicted molar refractivity (Wildman–Crippen MR) is 101 cm³/mol.